The van der Waals surface area contributed by atoms with Gasteiger partial charge in [-0.25, -0.2) is 12.8 Å². The molecule has 1 heterocycles. The highest BCUT2D eigenvalue weighted by molar-refractivity contribution is 7.89. The minimum absolute atomic E-state index is 0.0847. The zero-order valence-electron chi connectivity index (χ0n) is 17.0. The molecular weight excluding hydrogens is 451 g/mol. The number of methoxy groups -OCH3 is 2. The average molecular weight is 473 g/mol. The number of benzene rings is 2. The molecule has 0 N–H and O–H groups in total. The second-order valence-electron chi connectivity index (χ2n) is 6.67. The lowest BCUT2D eigenvalue weighted by Gasteiger charge is -2.34. The summed E-state index contributed by atoms with van der Waals surface area (Å²) in [6.45, 7) is 0.470. The lowest BCUT2D eigenvalue weighted by molar-refractivity contribution is -0.134. The summed E-state index contributed by atoms with van der Waals surface area (Å²) in [7, 11) is -0.854. The van der Waals surface area contributed by atoms with Gasteiger partial charge in [0.05, 0.1) is 24.1 Å². The van der Waals surface area contributed by atoms with Crippen LogP contribution in [0.15, 0.2) is 41.3 Å². The van der Waals surface area contributed by atoms with Gasteiger partial charge in [-0.05, 0) is 24.3 Å². The molecule has 11 heteroatoms. The number of carbonyl (C=O) groups is 1. The first kappa shape index (κ1) is 23.1. The minimum Gasteiger partial charge on any atom is -0.493 e. The summed E-state index contributed by atoms with van der Waals surface area (Å²) in [5, 5.41) is -0.0982. The third-order valence-electron chi connectivity index (χ3n) is 4.84. The topological polar surface area (TPSA) is 85.4 Å². The number of rotatable bonds is 7. The van der Waals surface area contributed by atoms with Crippen molar-refractivity contribution in [3.8, 4) is 17.2 Å². The maximum atomic E-state index is 13.2. The summed E-state index contributed by atoms with van der Waals surface area (Å²) in [5.41, 5.74) is 0. The summed E-state index contributed by atoms with van der Waals surface area (Å²) < 4.78 is 56.1. The predicted octanol–water partition coefficient (Wildman–Crippen LogP) is 2.41. The molecule has 1 saturated heterocycles. The Kier molecular flexibility index (Phi) is 7.24. The molecule has 0 atom stereocenters. The zero-order chi connectivity index (χ0) is 22.6. The Morgan fingerprint density at radius 1 is 1.03 bits per heavy atom. The number of sulfonamides is 1. The standard InChI is InChI=1S/C20H22ClFN2O6S/c1-28-18-6-4-15(12-19(18)29-2)31(26,27)24-9-7-23(8-10-24)20(25)13-30-14-3-5-17(22)16(21)11-14/h3-6,11-12H,7-10,13H2,1-2H3. The SMILES string of the molecule is COc1ccc(S(=O)(=O)N2CCN(C(=O)COc3ccc(F)c(Cl)c3)CC2)cc1OC. The van der Waals surface area contributed by atoms with Crippen molar-refractivity contribution in [3.63, 3.8) is 0 Å². The van der Waals surface area contributed by atoms with E-state index < -0.39 is 15.8 Å². The number of ether oxygens (including phenoxy) is 3. The Hall–Kier alpha value is -2.56. The molecule has 31 heavy (non-hydrogen) atoms. The number of halogens is 2. The van der Waals surface area contributed by atoms with Crippen LogP contribution >= 0.6 is 11.6 Å². The van der Waals surface area contributed by atoms with Crippen LogP contribution in [0.2, 0.25) is 5.02 Å². The fourth-order valence-electron chi connectivity index (χ4n) is 3.11. The molecule has 0 unspecified atom stereocenters. The molecule has 0 radical (unpaired) electrons. The van der Waals surface area contributed by atoms with Crippen molar-refractivity contribution in [2.24, 2.45) is 0 Å². The fourth-order valence-corrected chi connectivity index (χ4v) is 4.72. The third kappa shape index (κ3) is 5.20. The summed E-state index contributed by atoms with van der Waals surface area (Å²) in [4.78, 5) is 14.0. The maximum Gasteiger partial charge on any atom is 0.260 e. The molecule has 3 rings (SSSR count). The molecule has 168 valence electrons. The minimum atomic E-state index is -3.75. The van der Waals surface area contributed by atoms with Crippen LogP contribution in [0, 0.1) is 5.82 Å². The van der Waals surface area contributed by atoms with Gasteiger partial charge < -0.3 is 19.1 Å². The maximum absolute atomic E-state index is 13.2. The van der Waals surface area contributed by atoms with E-state index in [1.165, 1.54) is 53.8 Å². The van der Waals surface area contributed by atoms with Crippen LogP contribution in [0.1, 0.15) is 0 Å². The van der Waals surface area contributed by atoms with Crippen molar-refractivity contribution in [1.29, 1.82) is 0 Å². The molecule has 0 aliphatic carbocycles. The largest absolute Gasteiger partial charge is 0.493 e. The molecule has 1 amide bonds. The summed E-state index contributed by atoms with van der Waals surface area (Å²) >= 11 is 5.70. The first-order valence-corrected chi connectivity index (χ1v) is 11.2. The van der Waals surface area contributed by atoms with Gasteiger partial charge in [-0.1, -0.05) is 11.6 Å². The van der Waals surface area contributed by atoms with Crippen LogP contribution in [0.25, 0.3) is 0 Å². The van der Waals surface area contributed by atoms with Gasteiger partial charge >= 0.3 is 0 Å². The van der Waals surface area contributed by atoms with E-state index in [1.54, 1.807) is 0 Å². The van der Waals surface area contributed by atoms with Gasteiger partial charge in [0.2, 0.25) is 10.0 Å². The van der Waals surface area contributed by atoms with E-state index in [0.29, 0.717) is 11.5 Å². The van der Waals surface area contributed by atoms with Crippen LogP contribution in [0.4, 0.5) is 4.39 Å². The highest BCUT2D eigenvalue weighted by Crippen LogP contribution is 2.31. The van der Waals surface area contributed by atoms with Crippen molar-refractivity contribution < 1.29 is 31.8 Å². The molecule has 0 bridgehead atoms. The van der Waals surface area contributed by atoms with Gasteiger partial charge in [0.25, 0.3) is 5.91 Å². The molecule has 0 spiro atoms. The number of nitrogens with zero attached hydrogens (tertiary/aromatic N) is 2. The Labute approximate surface area is 185 Å². The van der Waals surface area contributed by atoms with Crippen molar-refractivity contribution >= 4 is 27.5 Å². The molecule has 2 aromatic rings. The highest BCUT2D eigenvalue weighted by atomic mass is 35.5. The Morgan fingerprint density at radius 2 is 1.71 bits per heavy atom. The van der Waals surface area contributed by atoms with E-state index in [1.807, 2.05) is 0 Å². The molecule has 1 aliphatic heterocycles. The van der Waals surface area contributed by atoms with E-state index in [9.17, 15) is 17.6 Å². The van der Waals surface area contributed by atoms with Gasteiger partial charge in [-0.3, -0.25) is 4.79 Å². The van der Waals surface area contributed by atoms with Gasteiger partial charge in [0.1, 0.15) is 11.6 Å². The van der Waals surface area contributed by atoms with Crippen molar-refractivity contribution in [2.45, 2.75) is 4.90 Å². The zero-order valence-corrected chi connectivity index (χ0v) is 18.6. The lowest BCUT2D eigenvalue weighted by atomic mass is 10.3. The van der Waals surface area contributed by atoms with E-state index in [0.717, 1.165) is 6.07 Å². The van der Waals surface area contributed by atoms with Crippen LogP contribution in [0.5, 0.6) is 17.2 Å². The quantitative estimate of drug-likeness (QED) is 0.615. The number of piperazine rings is 1. The summed E-state index contributed by atoms with van der Waals surface area (Å²) in [6, 6.07) is 8.22. The Bertz CT molecular complexity index is 1060. The average Bonchev–Trinajstić information content (AvgIpc) is 2.79. The molecule has 1 aliphatic rings. The van der Waals surface area contributed by atoms with Crippen molar-refractivity contribution in [3.05, 3.63) is 47.2 Å². The van der Waals surface area contributed by atoms with Crippen LogP contribution in [-0.4, -0.2) is 70.5 Å². The highest BCUT2D eigenvalue weighted by Gasteiger charge is 2.31. The summed E-state index contributed by atoms with van der Waals surface area (Å²) in [6.07, 6.45) is 0. The normalized spacial score (nSPS) is 14.9. The van der Waals surface area contributed by atoms with Crippen LogP contribution < -0.4 is 14.2 Å². The molecule has 8 nitrogen and oxygen atoms in total. The van der Waals surface area contributed by atoms with Gasteiger partial charge in [0.15, 0.2) is 18.1 Å². The first-order valence-electron chi connectivity index (χ1n) is 9.34. The second-order valence-corrected chi connectivity index (χ2v) is 9.01. The van der Waals surface area contributed by atoms with E-state index in [2.05, 4.69) is 0 Å². The van der Waals surface area contributed by atoms with Gasteiger partial charge in [-0.15, -0.1) is 0 Å². The molecule has 0 aromatic heterocycles. The molecule has 2 aromatic carbocycles. The third-order valence-corrected chi connectivity index (χ3v) is 7.02. The van der Waals surface area contributed by atoms with Crippen molar-refractivity contribution in [2.75, 3.05) is 47.0 Å². The van der Waals surface area contributed by atoms with Crippen LogP contribution in [-0.2, 0) is 14.8 Å². The predicted molar refractivity (Wildman–Crippen MR) is 112 cm³/mol. The molecular formula is C20H22ClFN2O6S. The second kappa shape index (κ2) is 9.71. The van der Waals surface area contributed by atoms with E-state index >= 15 is 0 Å². The van der Waals surface area contributed by atoms with Crippen LogP contribution in [0.3, 0.4) is 0 Å². The monoisotopic (exact) mass is 472 g/mol. The molecule has 0 saturated carbocycles. The smallest absolute Gasteiger partial charge is 0.260 e. The Balaban J connectivity index is 1.59. The first-order chi connectivity index (χ1) is 14.8. The number of hydrogen-bond acceptors (Lipinski definition) is 6. The number of hydrogen-bond donors (Lipinski definition) is 0. The van der Waals surface area contributed by atoms with E-state index in [-0.39, 0.29) is 54.4 Å². The van der Waals surface area contributed by atoms with Gasteiger partial charge in [0, 0.05) is 38.3 Å². The lowest BCUT2D eigenvalue weighted by Crippen LogP contribution is -2.51. The summed E-state index contributed by atoms with van der Waals surface area (Å²) in [5.74, 6) is 0.139. The fraction of sp³-hybridized carbons (Fsp3) is 0.350. The number of carbonyl (C=O) groups excluding carboxylic acids is 1. The number of amides is 1. The molecule has 1 fully saturated rings. The van der Waals surface area contributed by atoms with E-state index in [4.69, 9.17) is 25.8 Å². The van der Waals surface area contributed by atoms with Gasteiger partial charge in [-0.2, -0.15) is 4.31 Å². The Morgan fingerprint density at radius 3 is 2.32 bits per heavy atom. The van der Waals surface area contributed by atoms with Crippen molar-refractivity contribution in [1.82, 2.24) is 9.21 Å².